The number of carbonyl (C=O) groups excluding carboxylic acids is 2. The van der Waals surface area contributed by atoms with Crippen LogP contribution in [-0.2, 0) is 14.3 Å². The zero-order chi connectivity index (χ0) is 13.5. The summed E-state index contributed by atoms with van der Waals surface area (Å²) >= 11 is 5.11. The summed E-state index contributed by atoms with van der Waals surface area (Å²) in [6.07, 6.45) is 3.16. The number of carbonyl (C=O) groups is 2. The zero-order valence-corrected chi connectivity index (χ0v) is 11.0. The van der Waals surface area contributed by atoms with Crippen LogP contribution in [0.3, 0.4) is 0 Å². The Morgan fingerprint density at radius 2 is 2.28 bits per heavy atom. The maximum absolute atomic E-state index is 11.6. The van der Waals surface area contributed by atoms with Gasteiger partial charge in [0.15, 0.2) is 11.8 Å². The summed E-state index contributed by atoms with van der Waals surface area (Å²) in [5, 5.41) is 2.68. The van der Waals surface area contributed by atoms with Gasteiger partial charge in [0.2, 0.25) is 0 Å². The molecule has 5 nitrogen and oxygen atoms in total. The minimum Gasteiger partial charge on any atom is -0.464 e. The number of hydrogen-bond donors (Lipinski definition) is 1. The van der Waals surface area contributed by atoms with Gasteiger partial charge in [-0.3, -0.25) is 9.78 Å². The predicted octanol–water partition coefficient (Wildman–Crippen LogP) is 0.867. The van der Waals surface area contributed by atoms with Gasteiger partial charge in [-0.15, -0.1) is 0 Å². The minimum atomic E-state index is -1.07. The summed E-state index contributed by atoms with van der Waals surface area (Å²) in [5.41, 5.74) is 0.642. The summed E-state index contributed by atoms with van der Waals surface area (Å²) in [6.45, 7) is 3.19. The zero-order valence-electron chi connectivity index (χ0n) is 10.2. The number of rotatable bonds is 5. The highest BCUT2D eigenvalue weighted by atomic mass is 32.1. The topological polar surface area (TPSA) is 68.3 Å². The molecule has 1 rings (SSSR count). The molecule has 0 amide bonds. The van der Waals surface area contributed by atoms with Crippen LogP contribution < -0.4 is 5.32 Å². The van der Waals surface area contributed by atoms with Crippen molar-refractivity contribution in [1.29, 1.82) is 0 Å². The number of nitrogens with zero attached hydrogens (tertiary/aromatic N) is 1. The molecule has 0 saturated carbocycles. The van der Waals surface area contributed by atoms with Crippen molar-refractivity contribution in [2.45, 2.75) is 19.9 Å². The van der Waals surface area contributed by atoms with E-state index in [1.165, 1.54) is 6.92 Å². The van der Waals surface area contributed by atoms with E-state index >= 15 is 0 Å². The second kappa shape index (κ2) is 6.80. The fraction of sp³-hybridized carbons (Fsp3) is 0.333. The SMILES string of the molecule is CCOC(=O)C(NC(=S)c1cccnc1)C(C)=O. The van der Waals surface area contributed by atoms with E-state index in [2.05, 4.69) is 10.3 Å². The lowest BCUT2D eigenvalue weighted by molar-refractivity contribution is -0.147. The van der Waals surface area contributed by atoms with Crippen molar-refractivity contribution in [3.8, 4) is 0 Å². The summed E-state index contributed by atoms with van der Waals surface area (Å²) in [7, 11) is 0. The molecular weight excluding hydrogens is 252 g/mol. The summed E-state index contributed by atoms with van der Waals surface area (Å²) in [4.78, 5) is 27.2. The number of pyridine rings is 1. The quantitative estimate of drug-likeness (QED) is 0.484. The van der Waals surface area contributed by atoms with Crippen molar-refractivity contribution in [3.63, 3.8) is 0 Å². The maximum Gasteiger partial charge on any atom is 0.336 e. The third-order valence-corrected chi connectivity index (χ3v) is 2.48. The molecule has 1 unspecified atom stereocenters. The first-order valence-electron chi connectivity index (χ1n) is 5.44. The molecule has 0 spiro atoms. The fourth-order valence-electron chi connectivity index (χ4n) is 1.26. The van der Waals surface area contributed by atoms with Crippen molar-refractivity contribution in [3.05, 3.63) is 30.1 Å². The molecule has 0 aliphatic rings. The second-order valence-electron chi connectivity index (χ2n) is 3.51. The second-order valence-corrected chi connectivity index (χ2v) is 3.92. The Morgan fingerprint density at radius 1 is 1.56 bits per heavy atom. The molecule has 1 N–H and O–H groups in total. The molecule has 18 heavy (non-hydrogen) atoms. The van der Waals surface area contributed by atoms with Gasteiger partial charge in [-0.1, -0.05) is 12.2 Å². The average Bonchev–Trinajstić information content (AvgIpc) is 2.36. The Labute approximate surface area is 111 Å². The van der Waals surface area contributed by atoms with E-state index in [0.29, 0.717) is 5.56 Å². The Hall–Kier alpha value is -1.82. The number of aromatic nitrogens is 1. The van der Waals surface area contributed by atoms with Gasteiger partial charge < -0.3 is 10.1 Å². The lowest BCUT2D eigenvalue weighted by atomic mass is 10.2. The van der Waals surface area contributed by atoms with Gasteiger partial charge in [0, 0.05) is 18.0 Å². The largest absolute Gasteiger partial charge is 0.464 e. The van der Waals surface area contributed by atoms with E-state index in [1.54, 1.807) is 31.5 Å². The highest BCUT2D eigenvalue weighted by Crippen LogP contribution is 2.00. The van der Waals surface area contributed by atoms with E-state index in [9.17, 15) is 9.59 Å². The summed E-state index contributed by atoms with van der Waals surface area (Å²) in [5.74, 6) is -0.976. The lowest BCUT2D eigenvalue weighted by Gasteiger charge is -2.16. The van der Waals surface area contributed by atoms with Crippen LogP contribution in [0.2, 0.25) is 0 Å². The van der Waals surface area contributed by atoms with Crippen LogP contribution in [0.25, 0.3) is 0 Å². The first-order valence-corrected chi connectivity index (χ1v) is 5.85. The molecule has 0 aliphatic carbocycles. The van der Waals surface area contributed by atoms with Gasteiger partial charge >= 0.3 is 5.97 Å². The molecule has 0 radical (unpaired) electrons. The number of esters is 1. The molecule has 1 atom stereocenters. The average molecular weight is 266 g/mol. The van der Waals surface area contributed by atoms with Crippen molar-refractivity contribution < 1.29 is 14.3 Å². The van der Waals surface area contributed by atoms with E-state index in [1.807, 2.05) is 0 Å². The number of ketones is 1. The van der Waals surface area contributed by atoms with Crippen LogP contribution in [0.1, 0.15) is 19.4 Å². The molecule has 0 bridgehead atoms. The number of thiocarbonyl (C=S) groups is 1. The first-order chi connectivity index (χ1) is 8.56. The van der Waals surface area contributed by atoms with Crippen molar-refractivity contribution in [2.75, 3.05) is 6.61 Å². The number of hydrogen-bond acceptors (Lipinski definition) is 5. The van der Waals surface area contributed by atoms with E-state index in [0.717, 1.165) is 0 Å². The molecule has 1 aromatic heterocycles. The monoisotopic (exact) mass is 266 g/mol. The summed E-state index contributed by atoms with van der Waals surface area (Å²) < 4.78 is 4.80. The van der Waals surface area contributed by atoms with Gasteiger partial charge in [0.1, 0.15) is 4.99 Å². The van der Waals surface area contributed by atoms with Gasteiger partial charge in [-0.2, -0.15) is 0 Å². The highest BCUT2D eigenvalue weighted by Gasteiger charge is 2.25. The van der Waals surface area contributed by atoms with Crippen molar-refractivity contribution in [2.24, 2.45) is 0 Å². The van der Waals surface area contributed by atoms with Crippen LogP contribution >= 0.6 is 12.2 Å². The van der Waals surface area contributed by atoms with Crippen LogP contribution in [-0.4, -0.2) is 34.4 Å². The molecule has 1 heterocycles. The van der Waals surface area contributed by atoms with Gasteiger partial charge in [-0.05, 0) is 26.0 Å². The smallest absolute Gasteiger partial charge is 0.336 e. The molecule has 1 aromatic rings. The van der Waals surface area contributed by atoms with E-state index < -0.39 is 12.0 Å². The van der Waals surface area contributed by atoms with Crippen LogP contribution in [0.5, 0.6) is 0 Å². The molecule has 0 aromatic carbocycles. The molecular formula is C12H14N2O3S. The highest BCUT2D eigenvalue weighted by molar-refractivity contribution is 7.80. The standard InChI is InChI=1S/C12H14N2O3S/c1-3-17-12(16)10(8(2)15)14-11(18)9-5-4-6-13-7-9/h4-7,10H,3H2,1-2H3,(H,14,18). The molecule has 96 valence electrons. The van der Waals surface area contributed by atoms with Crippen molar-refractivity contribution >= 4 is 29.0 Å². The Morgan fingerprint density at radius 3 is 2.78 bits per heavy atom. The fourth-order valence-corrected chi connectivity index (χ4v) is 1.50. The molecule has 0 saturated heterocycles. The predicted molar refractivity (Wildman–Crippen MR) is 70.2 cm³/mol. The number of ether oxygens (including phenoxy) is 1. The molecule has 0 aliphatic heterocycles. The summed E-state index contributed by atoms with van der Waals surface area (Å²) in [6, 6.07) is 2.39. The van der Waals surface area contributed by atoms with Crippen LogP contribution in [0, 0.1) is 0 Å². The lowest BCUT2D eigenvalue weighted by Crippen LogP contribution is -2.46. The minimum absolute atomic E-state index is 0.212. The first kappa shape index (κ1) is 14.2. The Kier molecular flexibility index (Phi) is 5.38. The molecule has 6 heteroatoms. The normalized spacial score (nSPS) is 11.4. The van der Waals surface area contributed by atoms with Gasteiger partial charge in [0.05, 0.1) is 6.61 Å². The molecule has 0 fully saturated rings. The van der Waals surface area contributed by atoms with E-state index in [-0.39, 0.29) is 17.4 Å². The Balaban J connectivity index is 2.76. The third kappa shape index (κ3) is 3.89. The van der Waals surface area contributed by atoms with Crippen LogP contribution in [0.15, 0.2) is 24.5 Å². The van der Waals surface area contributed by atoms with Crippen LogP contribution in [0.4, 0.5) is 0 Å². The van der Waals surface area contributed by atoms with Crippen molar-refractivity contribution in [1.82, 2.24) is 10.3 Å². The van der Waals surface area contributed by atoms with Gasteiger partial charge in [0.25, 0.3) is 0 Å². The Bertz CT molecular complexity index is 448. The third-order valence-electron chi connectivity index (χ3n) is 2.13. The van der Waals surface area contributed by atoms with E-state index in [4.69, 9.17) is 17.0 Å². The maximum atomic E-state index is 11.6. The van der Waals surface area contributed by atoms with Gasteiger partial charge in [-0.25, -0.2) is 4.79 Å². The number of nitrogens with one attached hydrogen (secondary N) is 1. The number of Topliss-reactive ketones (excluding diaryl/α,β-unsaturated/α-hetero) is 1.